The molecule has 166 valence electrons. The monoisotopic (exact) mass is 430 g/mol. The van der Waals surface area contributed by atoms with Crippen molar-refractivity contribution in [2.75, 3.05) is 6.61 Å². The summed E-state index contributed by atoms with van der Waals surface area (Å²) in [5.41, 5.74) is -0.576. The van der Waals surface area contributed by atoms with Crippen molar-refractivity contribution < 1.29 is 49.5 Å². The van der Waals surface area contributed by atoms with E-state index in [-0.39, 0.29) is 0 Å². The Labute approximate surface area is 169 Å². The van der Waals surface area contributed by atoms with E-state index in [2.05, 4.69) is 5.32 Å². The standard InChI is InChI=1S/C17H22N2O11/c1-8(21)18-13-10(22)6-17(16(25)26,30-15(13)14(24)11(23)7-20)29-12-5-3-2-4-9(12)19(27)28/h2-5,10-11,13-15,20,22-24H,6-7H2,1H3,(H,18,21)(H,25,26)/t10-,11-,13-,14+,15-,17+/m1/s1. The van der Waals surface area contributed by atoms with Crippen LogP contribution in [0.2, 0.25) is 0 Å². The lowest BCUT2D eigenvalue weighted by Gasteiger charge is -2.46. The Kier molecular flexibility index (Phi) is 7.28. The molecule has 2 rings (SSSR count). The number of carbonyl (C=O) groups is 2. The molecule has 0 aromatic heterocycles. The summed E-state index contributed by atoms with van der Waals surface area (Å²) in [6.07, 6.45) is -7.95. The van der Waals surface area contributed by atoms with Gasteiger partial charge in [0.25, 0.3) is 0 Å². The summed E-state index contributed by atoms with van der Waals surface area (Å²) < 4.78 is 10.7. The number of ether oxygens (including phenoxy) is 2. The van der Waals surface area contributed by atoms with Crippen molar-refractivity contribution in [3.8, 4) is 5.75 Å². The largest absolute Gasteiger partial charge is 0.476 e. The molecule has 1 amide bonds. The molecule has 0 aliphatic carbocycles. The smallest absolute Gasteiger partial charge is 0.377 e. The van der Waals surface area contributed by atoms with Gasteiger partial charge < -0.3 is 40.3 Å². The van der Waals surface area contributed by atoms with Crippen molar-refractivity contribution in [1.82, 2.24) is 5.32 Å². The van der Waals surface area contributed by atoms with Crippen molar-refractivity contribution in [2.24, 2.45) is 0 Å². The predicted octanol–water partition coefficient (Wildman–Crippen LogP) is -1.88. The Morgan fingerprint density at radius 1 is 1.40 bits per heavy atom. The number of nitrogens with zero attached hydrogens (tertiary/aromatic N) is 1. The first-order valence-corrected chi connectivity index (χ1v) is 8.78. The van der Waals surface area contributed by atoms with Crippen LogP contribution in [0.25, 0.3) is 0 Å². The van der Waals surface area contributed by atoms with Crippen LogP contribution in [0.3, 0.4) is 0 Å². The third kappa shape index (κ3) is 4.83. The molecule has 6 atom stereocenters. The van der Waals surface area contributed by atoms with E-state index in [1.54, 1.807) is 0 Å². The van der Waals surface area contributed by atoms with Gasteiger partial charge in [0, 0.05) is 13.0 Å². The van der Waals surface area contributed by atoms with E-state index in [1.807, 2.05) is 0 Å². The Morgan fingerprint density at radius 2 is 2.03 bits per heavy atom. The lowest BCUT2D eigenvalue weighted by molar-refractivity contribution is -0.387. The van der Waals surface area contributed by atoms with Gasteiger partial charge in [0.15, 0.2) is 0 Å². The number of para-hydroxylation sites is 2. The first kappa shape index (κ1) is 23.4. The Balaban J connectivity index is 2.49. The average molecular weight is 430 g/mol. The van der Waals surface area contributed by atoms with Crippen LogP contribution >= 0.6 is 0 Å². The van der Waals surface area contributed by atoms with Crippen molar-refractivity contribution in [3.05, 3.63) is 34.4 Å². The fourth-order valence-electron chi connectivity index (χ4n) is 3.10. The topological polar surface area (TPSA) is 209 Å². The van der Waals surface area contributed by atoms with E-state index in [1.165, 1.54) is 12.1 Å². The predicted molar refractivity (Wildman–Crippen MR) is 96.3 cm³/mol. The van der Waals surface area contributed by atoms with Gasteiger partial charge in [-0.25, -0.2) is 4.79 Å². The molecule has 0 saturated carbocycles. The SMILES string of the molecule is CC(=O)N[C@H]1[C@H]([C@@H](O)[C@H](O)CO)O[C@](Oc2ccccc2[N+](=O)[O-])(C(=O)O)C[C@H]1O. The molecule has 0 spiro atoms. The number of amides is 1. The van der Waals surface area contributed by atoms with Crippen LogP contribution in [-0.2, 0) is 14.3 Å². The summed E-state index contributed by atoms with van der Waals surface area (Å²) in [5, 5.41) is 63.0. The normalized spacial score (nSPS) is 28.2. The molecule has 1 saturated heterocycles. The maximum absolute atomic E-state index is 12.0. The lowest BCUT2D eigenvalue weighted by atomic mass is 9.88. The van der Waals surface area contributed by atoms with Gasteiger partial charge in [-0.2, -0.15) is 0 Å². The van der Waals surface area contributed by atoms with Crippen LogP contribution in [0.15, 0.2) is 24.3 Å². The molecule has 0 bridgehead atoms. The van der Waals surface area contributed by atoms with Crippen LogP contribution in [0.1, 0.15) is 13.3 Å². The zero-order chi connectivity index (χ0) is 22.6. The number of aliphatic carboxylic acids is 1. The highest BCUT2D eigenvalue weighted by atomic mass is 16.7. The lowest BCUT2D eigenvalue weighted by Crippen LogP contribution is -2.68. The van der Waals surface area contributed by atoms with Crippen molar-refractivity contribution >= 4 is 17.6 Å². The highest BCUT2D eigenvalue weighted by molar-refractivity contribution is 5.77. The van der Waals surface area contributed by atoms with Gasteiger partial charge in [0.05, 0.1) is 30.1 Å². The minimum atomic E-state index is -2.71. The molecular formula is C17H22N2O11. The first-order chi connectivity index (χ1) is 14.0. The number of carbonyl (C=O) groups excluding carboxylic acids is 1. The van der Waals surface area contributed by atoms with Crippen molar-refractivity contribution in [1.29, 1.82) is 0 Å². The second kappa shape index (κ2) is 9.32. The van der Waals surface area contributed by atoms with Gasteiger partial charge in [-0.3, -0.25) is 14.9 Å². The molecule has 1 aliphatic rings. The van der Waals surface area contributed by atoms with Crippen molar-refractivity contribution in [2.45, 2.75) is 49.6 Å². The Bertz CT molecular complexity index is 804. The van der Waals surface area contributed by atoms with E-state index >= 15 is 0 Å². The molecule has 1 aromatic carbocycles. The number of hydrogen-bond donors (Lipinski definition) is 6. The number of aliphatic hydroxyl groups is 4. The van der Waals surface area contributed by atoms with Crippen LogP contribution in [0.5, 0.6) is 5.75 Å². The van der Waals surface area contributed by atoms with Crippen molar-refractivity contribution in [3.63, 3.8) is 0 Å². The summed E-state index contributed by atoms with van der Waals surface area (Å²) in [6, 6.07) is 3.48. The highest BCUT2D eigenvalue weighted by Gasteiger charge is 2.57. The maximum atomic E-state index is 12.0. The number of carboxylic acids is 1. The average Bonchev–Trinajstić information content (AvgIpc) is 2.68. The summed E-state index contributed by atoms with van der Waals surface area (Å²) in [4.78, 5) is 33.9. The zero-order valence-corrected chi connectivity index (χ0v) is 15.7. The van der Waals surface area contributed by atoms with Gasteiger partial charge in [0.1, 0.15) is 18.3 Å². The Hall–Kier alpha value is -2.84. The molecule has 1 heterocycles. The Morgan fingerprint density at radius 3 is 2.57 bits per heavy atom. The second-order valence-corrected chi connectivity index (χ2v) is 6.71. The number of rotatable bonds is 8. The summed E-state index contributed by atoms with van der Waals surface area (Å²) in [6.45, 7) is 0.163. The number of hydrogen-bond acceptors (Lipinski definition) is 10. The molecule has 6 N–H and O–H groups in total. The fraction of sp³-hybridized carbons (Fsp3) is 0.529. The van der Waals surface area contributed by atoms with E-state index in [0.717, 1.165) is 19.1 Å². The van der Waals surface area contributed by atoms with Gasteiger partial charge in [-0.1, -0.05) is 12.1 Å². The van der Waals surface area contributed by atoms with Crippen LogP contribution < -0.4 is 10.1 Å². The molecule has 0 unspecified atom stereocenters. The van der Waals surface area contributed by atoms with Crippen LogP contribution in [0, 0.1) is 10.1 Å². The summed E-state index contributed by atoms with van der Waals surface area (Å²) in [7, 11) is 0. The molecule has 13 heteroatoms. The molecule has 0 radical (unpaired) electrons. The van der Waals surface area contributed by atoms with Gasteiger partial charge >= 0.3 is 17.4 Å². The third-order valence-corrected chi connectivity index (χ3v) is 4.52. The number of aliphatic hydroxyl groups excluding tert-OH is 4. The molecule has 13 nitrogen and oxygen atoms in total. The summed E-state index contributed by atoms with van der Waals surface area (Å²) >= 11 is 0. The van der Waals surface area contributed by atoms with E-state index in [4.69, 9.17) is 14.6 Å². The molecule has 1 aliphatic heterocycles. The highest BCUT2D eigenvalue weighted by Crippen LogP contribution is 2.37. The summed E-state index contributed by atoms with van der Waals surface area (Å²) in [5.74, 6) is -5.62. The van der Waals surface area contributed by atoms with E-state index < -0.39 is 77.5 Å². The van der Waals surface area contributed by atoms with E-state index in [0.29, 0.717) is 0 Å². The number of nitro groups is 1. The first-order valence-electron chi connectivity index (χ1n) is 8.78. The maximum Gasteiger partial charge on any atom is 0.377 e. The second-order valence-electron chi connectivity index (χ2n) is 6.71. The minimum Gasteiger partial charge on any atom is -0.476 e. The number of benzene rings is 1. The van der Waals surface area contributed by atoms with E-state index in [9.17, 15) is 40.1 Å². The van der Waals surface area contributed by atoms with Gasteiger partial charge in [0.2, 0.25) is 11.7 Å². The van der Waals surface area contributed by atoms with Crippen LogP contribution in [-0.4, -0.2) is 85.2 Å². The zero-order valence-electron chi connectivity index (χ0n) is 15.7. The molecule has 1 fully saturated rings. The minimum absolute atomic E-state index is 0.481. The fourth-order valence-corrected chi connectivity index (χ4v) is 3.10. The van der Waals surface area contributed by atoms with Gasteiger partial charge in [-0.05, 0) is 6.07 Å². The van der Waals surface area contributed by atoms with Gasteiger partial charge in [-0.15, -0.1) is 0 Å². The molecule has 1 aromatic rings. The number of carboxylic acid groups (broad SMARTS) is 1. The third-order valence-electron chi connectivity index (χ3n) is 4.52. The molecular weight excluding hydrogens is 408 g/mol. The van der Waals surface area contributed by atoms with Crippen LogP contribution in [0.4, 0.5) is 5.69 Å². The quantitative estimate of drug-likeness (QED) is 0.199. The molecule has 30 heavy (non-hydrogen) atoms. The number of nitrogens with one attached hydrogen (secondary N) is 1. The number of nitro benzene ring substituents is 1.